The lowest BCUT2D eigenvalue weighted by Gasteiger charge is -2.31. The third-order valence-corrected chi connectivity index (χ3v) is 6.26. The van der Waals surface area contributed by atoms with Crippen LogP contribution in [0.4, 0.5) is 11.6 Å². The zero-order valence-corrected chi connectivity index (χ0v) is 17.4. The summed E-state index contributed by atoms with van der Waals surface area (Å²) in [7, 11) is 1.98. The van der Waals surface area contributed by atoms with Crippen molar-refractivity contribution < 1.29 is 0 Å². The number of unbranched alkanes of at least 4 members (excludes halogenated alkanes) is 6. The summed E-state index contributed by atoms with van der Waals surface area (Å²) in [6.45, 7) is 8.31. The number of aliphatic imine (C=N–C) groups is 1. The molecule has 0 fully saturated rings. The molecule has 4 heteroatoms. The number of fused-ring (bicyclic) bond motifs is 3. The molecule has 0 radical (unpaired) electrons. The Kier molecular flexibility index (Phi) is 6.46. The van der Waals surface area contributed by atoms with Gasteiger partial charge in [0.25, 0.3) is 0 Å². The van der Waals surface area contributed by atoms with Crippen molar-refractivity contribution in [1.82, 2.24) is 9.97 Å². The second-order valence-electron chi connectivity index (χ2n) is 8.03. The van der Waals surface area contributed by atoms with Gasteiger partial charge in [-0.3, -0.25) is 0 Å². The quantitative estimate of drug-likeness (QED) is 0.276. The average Bonchev–Trinajstić information content (AvgIpc) is 3.35. The average molecular weight is 369 g/mol. The minimum atomic E-state index is 0.108. The maximum absolute atomic E-state index is 4.18. The standard InChI is InChI=1S/C23H36N4/c1-5-7-9-11-13-23(14-12-10-8-6-2)17-15-19(24-3)26-21(17)22-18(23)16-20(25-4)27-22/h15-16,25-27H,3,5-14H2,1-2,4H3. The van der Waals surface area contributed by atoms with E-state index in [9.17, 15) is 0 Å². The molecule has 148 valence electrons. The minimum absolute atomic E-state index is 0.108. The molecule has 0 aliphatic heterocycles. The summed E-state index contributed by atoms with van der Waals surface area (Å²) in [5, 5.41) is 3.29. The van der Waals surface area contributed by atoms with Crippen LogP contribution >= 0.6 is 0 Å². The van der Waals surface area contributed by atoms with E-state index in [1.165, 1.54) is 86.7 Å². The number of aromatic nitrogens is 2. The first-order valence-electron chi connectivity index (χ1n) is 10.8. The molecule has 0 saturated heterocycles. The Morgan fingerprint density at radius 3 is 2.04 bits per heavy atom. The van der Waals surface area contributed by atoms with Gasteiger partial charge in [-0.1, -0.05) is 65.2 Å². The van der Waals surface area contributed by atoms with E-state index in [2.05, 4.69) is 53.0 Å². The fraction of sp³-hybridized carbons (Fsp3) is 0.609. The Balaban J connectivity index is 1.99. The lowest BCUT2D eigenvalue weighted by molar-refractivity contribution is 0.401. The third-order valence-electron chi connectivity index (χ3n) is 6.26. The predicted octanol–water partition coefficient (Wildman–Crippen LogP) is 6.92. The fourth-order valence-corrected chi connectivity index (χ4v) is 4.78. The monoisotopic (exact) mass is 368 g/mol. The van der Waals surface area contributed by atoms with Crippen molar-refractivity contribution in [1.29, 1.82) is 0 Å². The predicted molar refractivity (Wildman–Crippen MR) is 118 cm³/mol. The maximum atomic E-state index is 4.18. The van der Waals surface area contributed by atoms with Crippen LogP contribution in [0.5, 0.6) is 0 Å². The normalized spacial score (nSPS) is 14.2. The molecule has 1 aliphatic carbocycles. The summed E-state index contributed by atoms with van der Waals surface area (Å²) in [6, 6.07) is 4.58. The zero-order valence-electron chi connectivity index (χ0n) is 17.4. The summed E-state index contributed by atoms with van der Waals surface area (Å²) in [5.41, 5.74) is 5.48. The Morgan fingerprint density at radius 1 is 0.889 bits per heavy atom. The van der Waals surface area contributed by atoms with Crippen molar-refractivity contribution in [3.05, 3.63) is 23.3 Å². The van der Waals surface area contributed by atoms with E-state index in [-0.39, 0.29) is 5.41 Å². The van der Waals surface area contributed by atoms with Crippen molar-refractivity contribution in [3.63, 3.8) is 0 Å². The second kappa shape index (κ2) is 8.81. The van der Waals surface area contributed by atoms with Gasteiger partial charge in [0.15, 0.2) is 0 Å². The largest absolute Gasteiger partial charge is 0.375 e. The van der Waals surface area contributed by atoms with Gasteiger partial charge in [0.2, 0.25) is 0 Å². The van der Waals surface area contributed by atoms with Gasteiger partial charge in [-0.05, 0) is 42.8 Å². The summed E-state index contributed by atoms with van der Waals surface area (Å²) in [4.78, 5) is 11.3. The first-order chi connectivity index (χ1) is 13.2. The van der Waals surface area contributed by atoms with Gasteiger partial charge >= 0.3 is 0 Å². The Bertz CT molecular complexity index is 741. The summed E-state index contributed by atoms with van der Waals surface area (Å²) in [6.07, 6.45) is 12.8. The van der Waals surface area contributed by atoms with E-state index in [4.69, 9.17) is 0 Å². The first-order valence-corrected chi connectivity index (χ1v) is 10.8. The molecule has 2 heterocycles. The van der Waals surface area contributed by atoms with E-state index in [0.29, 0.717) is 0 Å². The van der Waals surface area contributed by atoms with Crippen LogP contribution in [0.2, 0.25) is 0 Å². The molecule has 0 saturated carbocycles. The molecule has 4 nitrogen and oxygen atoms in total. The highest BCUT2D eigenvalue weighted by molar-refractivity contribution is 5.80. The van der Waals surface area contributed by atoms with Gasteiger partial charge in [-0.15, -0.1) is 0 Å². The first kappa shape index (κ1) is 19.8. The number of nitrogens with one attached hydrogen (secondary N) is 3. The number of hydrogen-bond donors (Lipinski definition) is 3. The fourth-order valence-electron chi connectivity index (χ4n) is 4.78. The van der Waals surface area contributed by atoms with Gasteiger partial charge in [0, 0.05) is 12.5 Å². The van der Waals surface area contributed by atoms with Crippen LogP contribution in [0.15, 0.2) is 17.1 Å². The molecule has 0 spiro atoms. The van der Waals surface area contributed by atoms with Crippen LogP contribution in [-0.4, -0.2) is 23.7 Å². The molecule has 2 aromatic rings. The van der Waals surface area contributed by atoms with Crippen molar-refractivity contribution in [3.8, 4) is 11.4 Å². The molecule has 1 aliphatic rings. The van der Waals surface area contributed by atoms with Crippen LogP contribution in [0.1, 0.15) is 89.2 Å². The highest BCUT2D eigenvalue weighted by atomic mass is 15.0. The Labute approximate surface area is 164 Å². The molecule has 27 heavy (non-hydrogen) atoms. The molecule has 0 atom stereocenters. The van der Waals surface area contributed by atoms with Crippen LogP contribution in [-0.2, 0) is 5.41 Å². The van der Waals surface area contributed by atoms with E-state index in [1.807, 2.05) is 7.05 Å². The molecule has 0 unspecified atom stereocenters. The highest BCUT2D eigenvalue weighted by Gasteiger charge is 2.45. The molecule has 2 aromatic heterocycles. The van der Waals surface area contributed by atoms with Crippen LogP contribution in [0, 0.1) is 0 Å². The second-order valence-corrected chi connectivity index (χ2v) is 8.03. The molecule has 3 rings (SSSR count). The summed E-state index contributed by atoms with van der Waals surface area (Å²) >= 11 is 0. The molecular formula is C23H36N4. The van der Waals surface area contributed by atoms with Crippen molar-refractivity contribution in [2.45, 2.75) is 83.5 Å². The highest BCUT2D eigenvalue weighted by Crippen LogP contribution is 2.55. The molecule has 3 N–H and O–H groups in total. The Morgan fingerprint density at radius 2 is 1.48 bits per heavy atom. The van der Waals surface area contributed by atoms with E-state index in [1.54, 1.807) is 0 Å². The number of aromatic amines is 2. The SMILES string of the molecule is C=Nc1cc2c([nH]1)-c1[nH]c(NC)cc1C2(CCCCCC)CCCCCC. The van der Waals surface area contributed by atoms with Crippen LogP contribution < -0.4 is 5.32 Å². The number of anilines is 1. The lowest BCUT2D eigenvalue weighted by atomic mass is 9.71. The molecule has 0 bridgehead atoms. The lowest BCUT2D eigenvalue weighted by Crippen LogP contribution is -2.25. The number of H-pyrrole nitrogens is 2. The van der Waals surface area contributed by atoms with Gasteiger partial charge in [-0.25, -0.2) is 4.99 Å². The summed E-state index contributed by atoms with van der Waals surface area (Å²) < 4.78 is 0. The molecule has 0 amide bonds. The van der Waals surface area contributed by atoms with Crippen molar-refractivity contribution >= 4 is 18.4 Å². The smallest absolute Gasteiger partial charge is 0.129 e. The van der Waals surface area contributed by atoms with Crippen molar-refractivity contribution in [2.24, 2.45) is 4.99 Å². The number of nitrogens with zero attached hydrogens (tertiary/aromatic N) is 1. The number of hydrogen-bond acceptors (Lipinski definition) is 2. The topological polar surface area (TPSA) is 56.0 Å². The minimum Gasteiger partial charge on any atom is -0.375 e. The van der Waals surface area contributed by atoms with Crippen LogP contribution in [0.3, 0.4) is 0 Å². The molecule has 0 aromatic carbocycles. The number of rotatable bonds is 12. The van der Waals surface area contributed by atoms with Crippen LogP contribution in [0.25, 0.3) is 11.4 Å². The Hall–Kier alpha value is -1.97. The van der Waals surface area contributed by atoms with E-state index in [0.717, 1.165) is 11.6 Å². The van der Waals surface area contributed by atoms with E-state index < -0.39 is 0 Å². The third kappa shape index (κ3) is 3.71. The van der Waals surface area contributed by atoms with Crippen molar-refractivity contribution in [2.75, 3.05) is 12.4 Å². The van der Waals surface area contributed by atoms with Gasteiger partial charge in [0.05, 0.1) is 11.4 Å². The summed E-state index contributed by atoms with van der Waals surface area (Å²) in [5.74, 6) is 1.98. The zero-order chi connectivity index (χ0) is 19.3. The van der Waals surface area contributed by atoms with Gasteiger partial charge in [0.1, 0.15) is 11.6 Å². The van der Waals surface area contributed by atoms with Gasteiger partial charge in [-0.2, -0.15) is 0 Å². The van der Waals surface area contributed by atoms with E-state index >= 15 is 0 Å². The maximum Gasteiger partial charge on any atom is 0.129 e. The van der Waals surface area contributed by atoms with Gasteiger partial charge < -0.3 is 15.3 Å². The molecular weight excluding hydrogens is 332 g/mol.